The first kappa shape index (κ1) is 28.1. The van der Waals surface area contributed by atoms with Gasteiger partial charge in [0.2, 0.25) is 0 Å². The Hall–Kier alpha value is -3.40. The molecule has 3 nitrogen and oxygen atoms in total. The van der Waals surface area contributed by atoms with Crippen LogP contribution in [0.4, 0.5) is 28.4 Å². The lowest BCUT2D eigenvalue weighted by atomic mass is 9.35. The van der Waals surface area contributed by atoms with Gasteiger partial charge in [-0.2, -0.15) is 0 Å². The van der Waals surface area contributed by atoms with Crippen LogP contribution in [0.3, 0.4) is 0 Å². The van der Waals surface area contributed by atoms with E-state index in [-0.39, 0.29) is 17.5 Å². The number of nitrogens with zero attached hydrogens (tertiary/aromatic N) is 2. The van der Waals surface area contributed by atoms with Crippen molar-refractivity contribution < 1.29 is 4.42 Å². The zero-order valence-corrected chi connectivity index (χ0v) is 28.1. The molecule has 2 bridgehead atoms. The quantitative estimate of drug-likeness (QED) is 0.194. The Kier molecular flexibility index (Phi) is 5.95. The number of anilines is 5. The minimum absolute atomic E-state index is 0.0655. The van der Waals surface area contributed by atoms with Crippen molar-refractivity contribution >= 4 is 51.7 Å². The molecule has 3 atom stereocenters. The first-order valence-corrected chi connectivity index (χ1v) is 16.9. The Morgan fingerprint density at radius 2 is 1.43 bits per heavy atom. The van der Waals surface area contributed by atoms with Crippen LogP contribution in [0.2, 0.25) is 0 Å². The fourth-order valence-electron chi connectivity index (χ4n) is 8.97. The van der Waals surface area contributed by atoms with Crippen LogP contribution >= 0.6 is 0 Å². The van der Waals surface area contributed by atoms with Crippen molar-refractivity contribution in [3.8, 4) is 0 Å². The van der Waals surface area contributed by atoms with Gasteiger partial charge in [-0.3, -0.25) is 0 Å². The third-order valence-electron chi connectivity index (χ3n) is 11.4. The highest BCUT2D eigenvalue weighted by atomic mass is 16.3. The molecule has 4 aromatic rings. The molecule has 0 saturated heterocycles. The summed E-state index contributed by atoms with van der Waals surface area (Å²) in [6, 6.07) is 22.1. The van der Waals surface area contributed by atoms with Crippen molar-refractivity contribution in [3.05, 3.63) is 82.6 Å². The van der Waals surface area contributed by atoms with Gasteiger partial charge in [-0.25, -0.2) is 0 Å². The summed E-state index contributed by atoms with van der Waals surface area (Å²) in [4.78, 5) is 5.32. The fourth-order valence-corrected chi connectivity index (χ4v) is 8.97. The number of rotatable bonds is 2. The normalized spacial score (nSPS) is 21.9. The highest BCUT2D eigenvalue weighted by molar-refractivity contribution is 6.99. The number of hydrogen-bond donors (Lipinski definition) is 0. The Balaban J connectivity index is 1.42. The van der Waals surface area contributed by atoms with Crippen LogP contribution < -0.4 is 26.4 Å². The summed E-state index contributed by atoms with van der Waals surface area (Å²) in [6.45, 7) is 20.6. The van der Waals surface area contributed by atoms with Crippen molar-refractivity contribution in [1.29, 1.82) is 0 Å². The van der Waals surface area contributed by atoms with E-state index in [2.05, 4.69) is 127 Å². The monoisotopic (exact) mass is 582 g/mol. The van der Waals surface area contributed by atoms with Crippen LogP contribution in [0.5, 0.6) is 0 Å². The summed E-state index contributed by atoms with van der Waals surface area (Å²) < 4.78 is 6.88. The predicted molar refractivity (Wildman–Crippen MR) is 187 cm³/mol. The molecule has 0 radical (unpaired) electrons. The molecule has 0 amide bonds. The Labute approximate surface area is 264 Å². The molecule has 2 fully saturated rings. The van der Waals surface area contributed by atoms with E-state index in [4.69, 9.17) is 4.42 Å². The zero-order chi connectivity index (χ0) is 30.9. The summed E-state index contributed by atoms with van der Waals surface area (Å²) in [5.41, 5.74) is 15.9. The second-order valence-electron chi connectivity index (χ2n) is 16.4. The number of furan rings is 1. The van der Waals surface area contributed by atoms with Crippen LogP contribution in [0.1, 0.15) is 95.2 Å². The van der Waals surface area contributed by atoms with Crippen molar-refractivity contribution in [3.63, 3.8) is 0 Å². The highest BCUT2D eigenvalue weighted by Crippen LogP contribution is 2.52. The summed E-state index contributed by atoms with van der Waals surface area (Å²) >= 11 is 0. The SMILES string of the molecule is Cc1cc2c3c(c1)N(C1CC4CCC1C4)c1ccc(C(C)(C)C)cc1B3c1oc(C)c(C)c1N2c1ccc(C(C)(C)C)cc1. The minimum Gasteiger partial charge on any atom is -0.473 e. The van der Waals surface area contributed by atoms with E-state index >= 15 is 0 Å². The molecular formula is C40H47BN2O. The maximum absolute atomic E-state index is 6.88. The maximum Gasteiger partial charge on any atom is 0.297 e. The molecule has 4 heteroatoms. The van der Waals surface area contributed by atoms with Gasteiger partial charge in [0.05, 0.1) is 11.3 Å². The lowest BCUT2D eigenvalue weighted by Gasteiger charge is -2.46. The number of benzene rings is 3. The number of hydrogen-bond acceptors (Lipinski definition) is 3. The third kappa shape index (κ3) is 4.02. The van der Waals surface area contributed by atoms with Crippen molar-refractivity contribution in [2.24, 2.45) is 11.8 Å². The van der Waals surface area contributed by atoms with Gasteiger partial charge in [0.15, 0.2) is 0 Å². The molecule has 2 saturated carbocycles. The average Bonchev–Trinajstić information content (AvgIpc) is 3.67. The second kappa shape index (κ2) is 9.31. The van der Waals surface area contributed by atoms with Gasteiger partial charge in [0, 0.05) is 34.4 Å². The predicted octanol–water partition coefficient (Wildman–Crippen LogP) is 8.74. The van der Waals surface area contributed by atoms with E-state index in [0.717, 1.165) is 23.3 Å². The zero-order valence-electron chi connectivity index (χ0n) is 28.1. The van der Waals surface area contributed by atoms with Crippen LogP contribution in [-0.2, 0) is 10.8 Å². The molecule has 3 heterocycles. The molecule has 44 heavy (non-hydrogen) atoms. The lowest BCUT2D eigenvalue weighted by molar-refractivity contribution is 0.413. The van der Waals surface area contributed by atoms with E-state index in [1.165, 1.54) is 87.3 Å². The minimum atomic E-state index is 0.0655. The number of aryl methyl sites for hydroxylation is 2. The Bertz CT molecular complexity index is 1800. The molecule has 3 aromatic carbocycles. The molecule has 0 spiro atoms. The van der Waals surface area contributed by atoms with Gasteiger partial charge in [-0.1, -0.05) is 72.2 Å². The van der Waals surface area contributed by atoms with E-state index in [1.807, 2.05) is 0 Å². The molecule has 8 rings (SSSR count). The van der Waals surface area contributed by atoms with Gasteiger partial charge < -0.3 is 14.2 Å². The smallest absolute Gasteiger partial charge is 0.297 e. The standard InChI is InChI=1S/C40H47BN2O/c1-23-18-34-36-35(19-23)43(33-21-26-10-11-27(33)20-26)32-17-14-29(40(7,8)9)22-31(32)41(36)38-37(24(2)25(3)44-38)42(34)30-15-12-28(13-16-30)39(4,5)6/h12-19,22,26-27,33H,10-11,20-21H2,1-9H3. The van der Waals surface area contributed by atoms with Gasteiger partial charge in [0.25, 0.3) is 6.71 Å². The van der Waals surface area contributed by atoms with Gasteiger partial charge >= 0.3 is 0 Å². The van der Waals surface area contributed by atoms with E-state index in [1.54, 1.807) is 0 Å². The maximum atomic E-state index is 6.88. The van der Waals surface area contributed by atoms with Crippen molar-refractivity contribution in [2.45, 2.75) is 105 Å². The molecule has 4 aliphatic rings. The van der Waals surface area contributed by atoms with Crippen molar-refractivity contribution in [1.82, 2.24) is 0 Å². The molecule has 226 valence electrons. The first-order valence-electron chi connectivity index (χ1n) is 16.9. The molecular weight excluding hydrogens is 535 g/mol. The average molecular weight is 583 g/mol. The number of fused-ring (bicyclic) bond motifs is 6. The van der Waals surface area contributed by atoms with Crippen LogP contribution in [-0.4, -0.2) is 12.8 Å². The van der Waals surface area contributed by atoms with E-state index in [9.17, 15) is 0 Å². The van der Waals surface area contributed by atoms with E-state index in [0.29, 0.717) is 6.04 Å². The topological polar surface area (TPSA) is 19.6 Å². The van der Waals surface area contributed by atoms with Gasteiger partial charge in [-0.05, 0) is 121 Å². The first-order chi connectivity index (χ1) is 20.8. The van der Waals surface area contributed by atoms with Gasteiger partial charge in [0.1, 0.15) is 5.76 Å². The third-order valence-corrected chi connectivity index (χ3v) is 11.4. The summed E-state index contributed by atoms with van der Waals surface area (Å²) in [5, 5.41) is 0. The molecule has 1 aromatic heterocycles. The Morgan fingerprint density at radius 3 is 2.07 bits per heavy atom. The highest BCUT2D eigenvalue weighted by Gasteiger charge is 2.51. The largest absolute Gasteiger partial charge is 0.473 e. The van der Waals surface area contributed by atoms with Crippen LogP contribution in [0.15, 0.2) is 59.0 Å². The summed E-state index contributed by atoms with van der Waals surface area (Å²) in [6.07, 6.45) is 5.47. The molecule has 2 aliphatic heterocycles. The van der Waals surface area contributed by atoms with Crippen LogP contribution in [0.25, 0.3) is 0 Å². The fraction of sp³-hybridized carbons (Fsp3) is 0.450. The van der Waals surface area contributed by atoms with Gasteiger partial charge in [-0.15, -0.1) is 0 Å². The van der Waals surface area contributed by atoms with Crippen LogP contribution in [0, 0.1) is 32.6 Å². The second-order valence-corrected chi connectivity index (χ2v) is 16.4. The lowest BCUT2D eigenvalue weighted by Crippen LogP contribution is -2.63. The Morgan fingerprint density at radius 1 is 0.750 bits per heavy atom. The van der Waals surface area contributed by atoms with Crippen molar-refractivity contribution in [2.75, 3.05) is 9.80 Å². The summed E-state index contributed by atoms with van der Waals surface area (Å²) in [5.74, 6) is 2.66. The summed E-state index contributed by atoms with van der Waals surface area (Å²) in [7, 11) is 0. The van der Waals surface area contributed by atoms with E-state index < -0.39 is 0 Å². The molecule has 0 N–H and O–H groups in total. The molecule has 2 aliphatic carbocycles. The molecule has 3 unspecified atom stereocenters.